The van der Waals surface area contributed by atoms with Crippen LogP contribution in [0.4, 0.5) is 5.69 Å². The van der Waals surface area contributed by atoms with E-state index in [4.69, 9.17) is 9.47 Å². The maximum atomic E-state index is 12.9. The largest absolute Gasteiger partial charge is 0.454 e. The third-order valence-corrected chi connectivity index (χ3v) is 6.86. The van der Waals surface area contributed by atoms with Crippen molar-refractivity contribution >= 4 is 35.2 Å². The number of benzene rings is 3. The average Bonchev–Trinajstić information content (AvgIpc) is 3.21. The van der Waals surface area contributed by atoms with Crippen molar-refractivity contribution < 1.29 is 33.4 Å². The molecule has 0 radical (unpaired) electrons. The number of anilines is 1. The van der Waals surface area contributed by atoms with Crippen LogP contribution in [0.2, 0.25) is 0 Å². The van der Waals surface area contributed by atoms with E-state index in [1.54, 1.807) is 24.3 Å². The number of hydrogen-bond donors (Lipinski definition) is 0. The highest BCUT2D eigenvalue weighted by atomic mass is 16.5. The SMILES string of the molecule is Cc1ccc(C(=O)Oc2ccc(C(=O)COC(=O)c3cccc(N4C(=O)[C@@H]5CC=CC[C@H]5C4=O)c3)cc2)cc1. The molecular formula is C31H25NO7. The van der Waals surface area contributed by atoms with Crippen LogP contribution in [-0.4, -0.2) is 36.1 Å². The molecule has 0 aromatic heterocycles. The van der Waals surface area contributed by atoms with E-state index in [1.807, 2.05) is 31.2 Å². The Morgan fingerprint density at radius 2 is 1.38 bits per heavy atom. The van der Waals surface area contributed by atoms with Gasteiger partial charge in [0.05, 0.1) is 28.7 Å². The number of Topliss-reactive ketones (excluding diaryl/α,β-unsaturated/α-hetero) is 1. The number of imide groups is 1. The van der Waals surface area contributed by atoms with Gasteiger partial charge in [0.1, 0.15) is 5.75 Å². The van der Waals surface area contributed by atoms with E-state index in [2.05, 4.69) is 0 Å². The molecular weight excluding hydrogens is 498 g/mol. The molecule has 8 nitrogen and oxygen atoms in total. The Morgan fingerprint density at radius 3 is 2.03 bits per heavy atom. The molecule has 1 aliphatic carbocycles. The van der Waals surface area contributed by atoms with Crippen molar-refractivity contribution in [2.45, 2.75) is 19.8 Å². The van der Waals surface area contributed by atoms with Crippen LogP contribution >= 0.6 is 0 Å². The van der Waals surface area contributed by atoms with Crippen molar-refractivity contribution in [1.82, 2.24) is 0 Å². The number of allylic oxidation sites excluding steroid dienone is 2. The molecule has 3 aromatic rings. The van der Waals surface area contributed by atoms with Crippen molar-refractivity contribution in [1.29, 1.82) is 0 Å². The molecule has 0 unspecified atom stereocenters. The summed E-state index contributed by atoms with van der Waals surface area (Å²) in [6.45, 7) is 1.41. The van der Waals surface area contributed by atoms with Gasteiger partial charge in [0.2, 0.25) is 11.8 Å². The van der Waals surface area contributed by atoms with Crippen molar-refractivity contribution in [2.75, 3.05) is 11.5 Å². The normalized spacial score (nSPS) is 18.0. The Hall–Kier alpha value is -4.85. The van der Waals surface area contributed by atoms with E-state index in [-0.39, 0.29) is 40.5 Å². The predicted octanol–water partition coefficient (Wildman–Crippen LogP) is 4.71. The highest BCUT2D eigenvalue weighted by Crippen LogP contribution is 2.37. The molecule has 5 rings (SSSR count). The van der Waals surface area contributed by atoms with Gasteiger partial charge in [-0.15, -0.1) is 0 Å². The van der Waals surface area contributed by atoms with Gasteiger partial charge in [0, 0.05) is 5.56 Å². The number of aryl methyl sites for hydroxylation is 1. The van der Waals surface area contributed by atoms with E-state index in [1.165, 1.54) is 36.4 Å². The third-order valence-electron chi connectivity index (χ3n) is 6.86. The second kappa shape index (κ2) is 10.9. The van der Waals surface area contributed by atoms with Gasteiger partial charge in [-0.2, -0.15) is 0 Å². The minimum Gasteiger partial charge on any atom is -0.454 e. The third kappa shape index (κ3) is 5.40. The van der Waals surface area contributed by atoms with Crippen LogP contribution in [0.1, 0.15) is 49.5 Å². The summed E-state index contributed by atoms with van der Waals surface area (Å²) in [4.78, 5) is 64.4. The number of carbonyl (C=O) groups excluding carboxylic acids is 5. The summed E-state index contributed by atoms with van der Waals surface area (Å²) >= 11 is 0. The number of ether oxygens (including phenoxy) is 2. The Balaban J connectivity index is 1.18. The zero-order chi connectivity index (χ0) is 27.5. The number of amides is 2. The van der Waals surface area contributed by atoms with Gasteiger partial charge < -0.3 is 9.47 Å². The number of fused-ring (bicyclic) bond motifs is 1. The van der Waals surface area contributed by atoms with E-state index < -0.39 is 24.3 Å². The second-order valence-electron chi connectivity index (χ2n) is 9.50. The maximum Gasteiger partial charge on any atom is 0.343 e. The number of rotatable bonds is 7. The first kappa shape index (κ1) is 25.8. The van der Waals surface area contributed by atoms with Crippen LogP contribution in [0.3, 0.4) is 0 Å². The van der Waals surface area contributed by atoms with Crippen molar-refractivity contribution in [3.8, 4) is 5.75 Å². The van der Waals surface area contributed by atoms with Crippen molar-refractivity contribution in [3.63, 3.8) is 0 Å². The summed E-state index contributed by atoms with van der Waals surface area (Å²) in [6.07, 6.45) is 4.86. The molecule has 2 atom stereocenters. The van der Waals surface area contributed by atoms with Gasteiger partial charge in [-0.05, 0) is 74.4 Å². The molecule has 1 saturated heterocycles. The fourth-order valence-electron chi connectivity index (χ4n) is 4.69. The van der Waals surface area contributed by atoms with E-state index >= 15 is 0 Å². The summed E-state index contributed by atoms with van der Waals surface area (Å²) in [5.41, 5.74) is 2.12. The lowest BCUT2D eigenvalue weighted by molar-refractivity contribution is -0.122. The van der Waals surface area contributed by atoms with Gasteiger partial charge in [0.15, 0.2) is 12.4 Å². The molecule has 2 amide bonds. The molecule has 0 saturated carbocycles. The monoisotopic (exact) mass is 523 g/mol. The van der Waals surface area contributed by atoms with Gasteiger partial charge in [0.25, 0.3) is 0 Å². The molecule has 196 valence electrons. The zero-order valence-corrected chi connectivity index (χ0v) is 21.2. The lowest BCUT2D eigenvalue weighted by Crippen LogP contribution is -2.31. The molecule has 39 heavy (non-hydrogen) atoms. The lowest BCUT2D eigenvalue weighted by Gasteiger charge is -2.15. The predicted molar refractivity (Wildman–Crippen MR) is 141 cm³/mol. The minimum absolute atomic E-state index is 0.118. The van der Waals surface area contributed by atoms with Crippen LogP contribution in [0.25, 0.3) is 0 Å². The summed E-state index contributed by atoms with van der Waals surface area (Å²) in [7, 11) is 0. The minimum atomic E-state index is -0.757. The topological polar surface area (TPSA) is 107 Å². The summed E-state index contributed by atoms with van der Waals surface area (Å²) in [6, 6.07) is 19.0. The highest BCUT2D eigenvalue weighted by molar-refractivity contribution is 6.22. The molecule has 1 heterocycles. The summed E-state index contributed by atoms with van der Waals surface area (Å²) in [5.74, 6) is -2.76. The Bertz CT molecular complexity index is 1460. The summed E-state index contributed by atoms with van der Waals surface area (Å²) in [5, 5.41) is 0. The van der Waals surface area contributed by atoms with Gasteiger partial charge in [-0.3, -0.25) is 19.3 Å². The van der Waals surface area contributed by atoms with Crippen LogP contribution in [-0.2, 0) is 14.3 Å². The molecule has 3 aromatic carbocycles. The van der Waals surface area contributed by atoms with E-state index in [0.717, 1.165) is 10.5 Å². The van der Waals surface area contributed by atoms with E-state index in [9.17, 15) is 24.0 Å². The number of esters is 2. The first-order chi connectivity index (χ1) is 18.8. The molecule has 1 aliphatic heterocycles. The van der Waals surface area contributed by atoms with Gasteiger partial charge in [-0.1, -0.05) is 35.9 Å². The first-order valence-electron chi connectivity index (χ1n) is 12.5. The molecule has 0 bridgehead atoms. The van der Waals surface area contributed by atoms with E-state index in [0.29, 0.717) is 24.1 Å². The number of carbonyl (C=O) groups is 5. The standard InChI is InChI=1S/C31H25NO7/c1-19-9-11-21(12-10-19)31(37)39-24-15-13-20(14-16-24)27(33)18-38-30(36)22-5-4-6-23(17-22)32-28(34)25-7-2-3-8-26(25)29(32)35/h2-6,9-17,25-26H,7-8,18H2,1H3/t25-,26-/m1/s1. The zero-order valence-electron chi connectivity index (χ0n) is 21.2. The Labute approximate surface area is 224 Å². The van der Waals surface area contributed by atoms with Crippen LogP contribution in [0, 0.1) is 18.8 Å². The maximum absolute atomic E-state index is 12.9. The quantitative estimate of drug-likeness (QED) is 0.145. The molecule has 1 fully saturated rings. The Kier molecular flexibility index (Phi) is 7.19. The fraction of sp³-hybridized carbons (Fsp3) is 0.194. The average molecular weight is 524 g/mol. The second-order valence-corrected chi connectivity index (χ2v) is 9.50. The van der Waals surface area contributed by atoms with Gasteiger partial charge in [-0.25, -0.2) is 9.59 Å². The van der Waals surface area contributed by atoms with Crippen LogP contribution in [0.15, 0.2) is 84.9 Å². The highest BCUT2D eigenvalue weighted by Gasteiger charge is 2.47. The first-order valence-corrected chi connectivity index (χ1v) is 12.5. The molecule has 0 spiro atoms. The number of ketones is 1. The molecule has 0 N–H and O–H groups in total. The van der Waals surface area contributed by atoms with Crippen molar-refractivity contribution in [3.05, 3.63) is 107 Å². The molecule has 2 aliphatic rings. The number of nitrogens with zero attached hydrogens (tertiary/aromatic N) is 1. The van der Waals surface area contributed by atoms with Gasteiger partial charge >= 0.3 is 11.9 Å². The fourth-order valence-corrected chi connectivity index (χ4v) is 4.69. The smallest absolute Gasteiger partial charge is 0.343 e. The Morgan fingerprint density at radius 1 is 0.769 bits per heavy atom. The van der Waals surface area contributed by atoms with Crippen LogP contribution in [0.5, 0.6) is 5.75 Å². The summed E-state index contributed by atoms with van der Waals surface area (Å²) < 4.78 is 10.5. The lowest BCUT2D eigenvalue weighted by atomic mass is 9.85. The molecule has 8 heteroatoms. The number of hydrogen-bond acceptors (Lipinski definition) is 7. The van der Waals surface area contributed by atoms with Crippen LogP contribution < -0.4 is 9.64 Å². The van der Waals surface area contributed by atoms with Crippen molar-refractivity contribution in [2.24, 2.45) is 11.8 Å².